The van der Waals surface area contributed by atoms with Crippen LogP contribution in [-0.4, -0.2) is 17.6 Å². The van der Waals surface area contributed by atoms with Crippen LogP contribution in [0.4, 0.5) is 5.69 Å². The summed E-state index contributed by atoms with van der Waals surface area (Å²) >= 11 is 0. The Hall–Kier alpha value is -1.81. The van der Waals surface area contributed by atoms with Crippen molar-refractivity contribution in [3.05, 3.63) is 35.4 Å². The first-order chi connectivity index (χ1) is 6.66. The van der Waals surface area contributed by atoms with Crippen molar-refractivity contribution in [1.82, 2.24) is 0 Å². The predicted octanol–water partition coefficient (Wildman–Crippen LogP) is 0.939. The molecule has 74 valence electrons. The lowest BCUT2D eigenvalue weighted by molar-refractivity contribution is 0.0698. The number of nitrogens with two attached hydrogens (primary N) is 2. The molecule has 0 aliphatic heterocycles. The molecule has 0 aliphatic carbocycles. The molecule has 0 amide bonds. The van der Waals surface area contributed by atoms with E-state index in [0.29, 0.717) is 12.1 Å². The Kier molecular flexibility index (Phi) is 3.25. The first-order valence-electron chi connectivity index (χ1n) is 4.15. The van der Waals surface area contributed by atoms with Crippen molar-refractivity contribution in [1.29, 1.82) is 0 Å². The first-order valence-corrected chi connectivity index (χ1v) is 4.15. The number of benzene rings is 1. The van der Waals surface area contributed by atoms with E-state index in [1.54, 1.807) is 30.4 Å². The van der Waals surface area contributed by atoms with Crippen LogP contribution in [0.3, 0.4) is 0 Å². The molecule has 0 unspecified atom stereocenters. The lowest BCUT2D eigenvalue weighted by atomic mass is 10.1. The second kappa shape index (κ2) is 4.43. The second-order valence-corrected chi connectivity index (χ2v) is 2.75. The monoisotopic (exact) mass is 192 g/mol. The van der Waals surface area contributed by atoms with Gasteiger partial charge in [0.05, 0.1) is 5.56 Å². The molecule has 5 N–H and O–H groups in total. The van der Waals surface area contributed by atoms with E-state index in [0.717, 1.165) is 0 Å². The SMILES string of the molecule is NCC=Cc1cccc(N)c1C(=O)O. The summed E-state index contributed by atoms with van der Waals surface area (Å²) < 4.78 is 0. The summed E-state index contributed by atoms with van der Waals surface area (Å²) in [5, 5.41) is 8.90. The molecule has 1 rings (SSSR count). The van der Waals surface area contributed by atoms with Crippen LogP contribution < -0.4 is 11.5 Å². The number of aromatic carboxylic acids is 1. The summed E-state index contributed by atoms with van der Waals surface area (Å²) in [5.41, 5.74) is 11.8. The third kappa shape index (κ3) is 2.11. The molecule has 0 saturated carbocycles. The Balaban J connectivity index is 3.21. The van der Waals surface area contributed by atoms with Gasteiger partial charge in [-0.25, -0.2) is 4.79 Å². The molecule has 0 atom stereocenters. The number of rotatable bonds is 3. The summed E-state index contributed by atoms with van der Waals surface area (Å²) in [6.45, 7) is 0.369. The molecular formula is C10H12N2O2. The van der Waals surface area contributed by atoms with Crippen molar-refractivity contribution < 1.29 is 9.90 Å². The number of hydrogen-bond donors (Lipinski definition) is 3. The van der Waals surface area contributed by atoms with Gasteiger partial charge in [0.2, 0.25) is 0 Å². The number of carboxylic acids is 1. The van der Waals surface area contributed by atoms with Gasteiger partial charge < -0.3 is 16.6 Å². The number of nitrogen functional groups attached to an aromatic ring is 1. The lowest BCUT2D eigenvalue weighted by Gasteiger charge is -2.03. The summed E-state index contributed by atoms with van der Waals surface area (Å²) in [6.07, 6.45) is 3.33. The lowest BCUT2D eigenvalue weighted by Crippen LogP contribution is -2.04. The summed E-state index contributed by atoms with van der Waals surface area (Å²) in [7, 11) is 0. The van der Waals surface area contributed by atoms with Gasteiger partial charge in [-0.2, -0.15) is 0 Å². The molecule has 0 aliphatic rings. The summed E-state index contributed by atoms with van der Waals surface area (Å²) in [6, 6.07) is 4.95. The van der Waals surface area contributed by atoms with E-state index < -0.39 is 5.97 Å². The van der Waals surface area contributed by atoms with Crippen LogP contribution in [0.5, 0.6) is 0 Å². The normalized spacial score (nSPS) is 10.6. The smallest absolute Gasteiger partial charge is 0.338 e. The van der Waals surface area contributed by atoms with Gasteiger partial charge >= 0.3 is 5.97 Å². The van der Waals surface area contributed by atoms with Gasteiger partial charge in [-0.15, -0.1) is 0 Å². The maximum atomic E-state index is 10.9. The van der Waals surface area contributed by atoms with E-state index in [-0.39, 0.29) is 11.3 Å². The third-order valence-electron chi connectivity index (χ3n) is 1.78. The van der Waals surface area contributed by atoms with Crippen LogP contribution in [0.2, 0.25) is 0 Å². The van der Waals surface area contributed by atoms with Crippen molar-refractivity contribution >= 4 is 17.7 Å². The maximum Gasteiger partial charge on any atom is 0.338 e. The zero-order valence-electron chi connectivity index (χ0n) is 7.60. The van der Waals surface area contributed by atoms with Crippen molar-refractivity contribution in [3.63, 3.8) is 0 Å². The van der Waals surface area contributed by atoms with Crippen LogP contribution in [0, 0.1) is 0 Å². The average Bonchev–Trinajstić information content (AvgIpc) is 2.14. The first kappa shape index (κ1) is 10.3. The zero-order chi connectivity index (χ0) is 10.6. The molecule has 0 spiro atoms. The van der Waals surface area contributed by atoms with Crippen molar-refractivity contribution in [2.75, 3.05) is 12.3 Å². The van der Waals surface area contributed by atoms with E-state index >= 15 is 0 Å². The van der Waals surface area contributed by atoms with Crippen molar-refractivity contribution in [3.8, 4) is 0 Å². The van der Waals surface area contributed by atoms with E-state index in [1.807, 2.05) is 0 Å². The van der Waals surface area contributed by atoms with Gasteiger partial charge in [0, 0.05) is 12.2 Å². The molecule has 0 bridgehead atoms. The van der Waals surface area contributed by atoms with Gasteiger partial charge in [-0.3, -0.25) is 0 Å². The van der Waals surface area contributed by atoms with Gasteiger partial charge in [0.15, 0.2) is 0 Å². The Morgan fingerprint density at radius 3 is 2.79 bits per heavy atom. The summed E-state index contributed by atoms with van der Waals surface area (Å²) in [4.78, 5) is 10.9. The molecule has 4 heteroatoms. The minimum atomic E-state index is -1.03. The molecule has 4 nitrogen and oxygen atoms in total. The molecule has 1 aromatic carbocycles. The predicted molar refractivity (Wildman–Crippen MR) is 55.9 cm³/mol. The van der Waals surface area contributed by atoms with Gasteiger partial charge in [-0.1, -0.05) is 24.3 Å². The Morgan fingerprint density at radius 1 is 1.50 bits per heavy atom. The van der Waals surface area contributed by atoms with Crippen LogP contribution in [0.25, 0.3) is 6.08 Å². The van der Waals surface area contributed by atoms with Gasteiger partial charge in [0.25, 0.3) is 0 Å². The maximum absolute atomic E-state index is 10.9. The quantitative estimate of drug-likeness (QED) is 0.622. The van der Waals surface area contributed by atoms with Crippen molar-refractivity contribution in [2.45, 2.75) is 0 Å². The fraction of sp³-hybridized carbons (Fsp3) is 0.100. The molecule has 1 aromatic rings. The van der Waals surface area contributed by atoms with E-state index in [2.05, 4.69) is 0 Å². The van der Waals surface area contributed by atoms with E-state index in [4.69, 9.17) is 16.6 Å². The fourth-order valence-electron chi connectivity index (χ4n) is 1.17. The molecule has 0 fully saturated rings. The Bertz CT molecular complexity index is 372. The highest BCUT2D eigenvalue weighted by Gasteiger charge is 2.10. The summed E-state index contributed by atoms with van der Waals surface area (Å²) in [5.74, 6) is -1.03. The van der Waals surface area contributed by atoms with Gasteiger partial charge in [-0.05, 0) is 11.6 Å². The Labute approximate surface area is 81.8 Å². The molecule has 0 radical (unpaired) electrons. The highest BCUT2D eigenvalue weighted by Crippen LogP contribution is 2.18. The highest BCUT2D eigenvalue weighted by atomic mass is 16.4. The number of carboxylic acid groups (broad SMARTS) is 1. The second-order valence-electron chi connectivity index (χ2n) is 2.75. The van der Waals surface area contributed by atoms with Crippen molar-refractivity contribution in [2.24, 2.45) is 5.73 Å². The van der Waals surface area contributed by atoms with E-state index in [1.165, 1.54) is 0 Å². The fourth-order valence-corrected chi connectivity index (χ4v) is 1.17. The number of anilines is 1. The molecule has 0 saturated heterocycles. The molecule has 0 heterocycles. The number of carbonyl (C=O) groups is 1. The van der Waals surface area contributed by atoms with E-state index in [9.17, 15) is 4.79 Å². The number of hydrogen-bond acceptors (Lipinski definition) is 3. The minimum absolute atomic E-state index is 0.122. The topological polar surface area (TPSA) is 89.3 Å². The third-order valence-corrected chi connectivity index (χ3v) is 1.78. The molecule has 0 aromatic heterocycles. The minimum Gasteiger partial charge on any atom is -0.478 e. The largest absolute Gasteiger partial charge is 0.478 e. The molecular weight excluding hydrogens is 180 g/mol. The molecule has 14 heavy (non-hydrogen) atoms. The highest BCUT2D eigenvalue weighted by molar-refractivity contribution is 5.97. The zero-order valence-corrected chi connectivity index (χ0v) is 7.60. The standard InChI is InChI=1S/C10H12N2O2/c11-6-2-4-7-3-1-5-8(12)9(7)10(13)14/h1-5H,6,11-12H2,(H,13,14). The van der Waals surface area contributed by atoms with Crippen LogP contribution >= 0.6 is 0 Å². The van der Waals surface area contributed by atoms with Gasteiger partial charge in [0.1, 0.15) is 0 Å². The van der Waals surface area contributed by atoms with Crippen LogP contribution in [0.1, 0.15) is 15.9 Å². The Morgan fingerprint density at radius 2 is 2.21 bits per heavy atom. The van der Waals surface area contributed by atoms with Crippen LogP contribution in [-0.2, 0) is 0 Å². The average molecular weight is 192 g/mol. The van der Waals surface area contributed by atoms with Crippen LogP contribution in [0.15, 0.2) is 24.3 Å².